The number of hydrogen-bond acceptors (Lipinski definition) is 3. The van der Waals surface area contributed by atoms with E-state index in [0.717, 1.165) is 6.42 Å². The Bertz CT molecular complexity index is 660. The van der Waals surface area contributed by atoms with Crippen LogP contribution in [-0.2, 0) is 0 Å². The molecule has 3 N–H and O–H groups in total. The summed E-state index contributed by atoms with van der Waals surface area (Å²) < 4.78 is 13.2. The summed E-state index contributed by atoms with van der Waals surface area (Å²) in [4.78, 5) is 12.2. The summed E-state index contributed by atoms with van der Waals surface area (Å²) in [5.74, 6) is -0.891. The molecule has 1 atom stereocenters. The SMILES string of the molecule is CCCC(O)CNC(=O)c1cn[nH]c1-c1ccc(F)c(Cl)c1. The van der Waals surface area contributed by atoms with Crippen molar-refractivity contribution in [2.45, 2.75) is 25.9 Å². The number of nitrogens with one attached hydrogen (secondary N) is 2. The van der Waals surface area contributed by atoms with Gasteiger partial charge in [0, 0.05) is 12.1 Å². The largest absolute Gasteiger partial charge is 0.391 e. The lowest BCUT2D eigenvalue weighted by Gasteiger charge is -2.11. The van der Waals surface area contributed by atoms with Gasteiger partial charge in [0.15, 0.2) is 0 Å². The van der Waals surface area contributed by atoms with E-state index in [1.54, 1.807) is 0 Å². The minimum atomic E-state index is -0.579. The minimum absolute atomic E-state index is 0.0307. The van der Waals surface area contributed by atoms with Crippen LogP contribution in [0.25, 0.3) is 11.3 Å². The molecule has 7 heteroatoms. The summed E-state index contributed by atoms with van der Waals surface area (Å²) in [7, 11) is 0. The van der Waals surface area contributed by atoms with Crippen LogP contribution in [-0.4, -0.2) is 33.9 Å². The fourth-order valence-electron chi connectivity index (χ4n) is 2.07. The fourth-order valence-corrected chi connectivity index (χ4v) is 2.25. The first-order valence-corrected chi connectivity index (χ1v) is 7.35. The maximum absolute atomic E-state index is 13.2. The third-order valence-electron chi connectivity index (χ3n) is 3.21. The molecule has 0 saturated heterocycles. The number of carbonyl (C=O) groups excluding carboxylic acids is 1. The number of rotatable bonds is 6. The highest BCUT2D eigenvalue weighted by molar-refractivity contribution is 6.31. The number of aromatic amines is 1. The van der Waals surface area contributed by atoms with Gasteiger partial charge >= 0.3 is 0 Å². The third-order valence-corrected chi connectivity index (χ3v) is 3.50. The Labute approximate surface area is 132 Å². The number of aliphatic hydroxyl groups is 1. The monoisotopic (exact) mass is 325 g/mol. The van der Waals surface area contributed by atoms with E-state index in [2.05, 4.69) is 15.5 Å². The summed E-state index contributed by atoms with van der Waals surface area (Å²) in [6.07, 6.45) is 2.26. The Hall–Kier alpha value is -1.92. The second-order valence-corrected chi connectivity index (χ2v) is 5.35. The van der Waals surface area contributed by atoms with E-state index in [-0.39, 0.29) is 17.5 Å². The zero-order valence-electron chi connectivity index (χ0n) is 12.1. The molecule has 0 fully saturated rings. The van der Waals surface area contributed by atoms with Gasteiger partial charge < -0.3 is 10.4 Å². The molecular formula is C15H17ClFN3O2. The highest BCUT2D eigenvalue weighted by Crippen LogP contribution is 2.25. The lowest BCUT2D eigenvalue weighted by Crippen LogP contribution is -2.32. The molecule has 1 aromatic carbocycles. The van der Waals surface area contributed by atoms with Gasteiger partial charge in [0.1, 0.15) is 5.82 Å². The molecule has 1 amide bonds. The highest BCUT2D eigenvalue weighted by atomic mass is 35.5. The van der Waals surface area contributed by atoms with Gasteiger partial charge in [0.25, 0.3) is 5.91 Å². The maximum atomic E-state index is 13.2. The second kappa shape index (κ2) is 7.38. The van der Waals surface area contributed by atoms with Gasteiger partial charge in [-0.1, -0.05) is 24.9 Å². The van der Waals surface area contributed by atoms with Gasteiger partial charge in [0.2, 0.25) is 0 Å². The van der Waals surface area contributed by atoms with Crippen molar-refractivity contribution in [1.29, 1.82) is 0 Å². The number of nitrogens with zero attached hydrogens (tertiary/aromatic N) is 1. The molecule has 0 aliphatic heterocycles. The van der Waals surface area contributed by atoms with E-state index in [1.165, 1.54) is 24.4 Å². The van der Waals surface area contributed by atoms with E-state index in [0.29, 0.717) is 23.2 Å². The van der Waals surface area contributed by atoms with E-state index < -0.39 is 11.9 Å². The standard InChI is InChI=1S/C15H17ClFN3O2/c1-2-3-10(21)7-18-15(22)11-8-19-20-14(11)9-4-5-13(17)12(16)6-9/h4-6,8,10,21H,2-3,7H2,1H3,(H,18,22)(H,19,20). The number of hydrogen-bond donors (Lipinski definition) is 3. The van der Waals surface area contributed by atoms with E-state index in [1.807, 2.05) is 6.92 Å². The van der Waals surface area contributed by atoms with Crippen molar-refractivity contribution in [1.82, 2.24) is 15.5 Å². The number of H-pyrrole nitrogens is 1. The zero-order valence-corrected chi connectivity index (χ0v) is 12.8. The van der Waals surface area contributed by atoms with Crippen molar-refractivity contribution in [2.75, 3.05) is 6.54 Å². The first kappa shape index (κ1) is 16.5. The molecule has 0 aliphatic carbocycles. The van der Waals surface area contributed by atoms with Gasteiger partial charge in [-0.15, -0.1) is 0 Å². The molecule has 1 heterocycles. The van der Waals surface area contributed by atoms with Crippen molar-refractivity contribution in [3.05, 3.63) is 40.8 Å². The van der Waals surface area contributed by atoms with Crippen LogP contribution in [0.5, 0.6) is 0 Å². The van der Waals surface area contributed by atoms with Gasteiger partial charge in [-0.3, -0.25) is 9.89 Å². The van der Waals surface area contributed by atoms with Crippen molar-refractivity contribution >= 4 is 17.5 Å². The number of halogens is 2. The average Bonchev–Trinajstić information content (AvgIpc) is 2.97. The molecule has 2 rings (SSSR count). The predicted octanol–water partition coefficient (Wildman–Crippen LogP) is 2.76. The zero-order chi connectivity index (χ0) is 16.1. The molecule has 0 saturated carbocycles. The molecule has 0 aliphatic rings. The molecule has 1 aromatic heterocycles. The van der Waals surface area contributed by atoms with Gasteiger partial charge in [-0.25, -0.2) is 4.39 Å². The maximum Gasteiger partial charge on any atom is 0.255 e. The third kappa shape index (κ3) is 3.84. The summed E-state index contributed by atoms with van der Waals surface area (Å²) in [5.41, 5.74) is 1.32. The van der Waals surface area contributed by atoms with Crippen molar-refractivity contribution in [3.8, 4) is 11.3 Å². The first-order valence-electron chi connectivity index (χ1n) is 6.98. The molecule has 0 spiro atoms. The number of carbonyl (C=O) groups is 1. The van der Waals surface area contributed by atoms with Crippen LogP contribution < -0.4 is 5.32 Å². The summed E-state index contributed by atoms with van der Waals surface area (Å²) in [6, 6.07) is 4.16. The van der Waals surface area contributed by atoms with Crippen LogP contribution in [0.2, 0.25) is 5.02 Å². The van der Waals surface area contributed by atoms with Crippen LogP contribution in [0, 0.1) is 5.82 Å². The summed E-state index contributed by atoms with van der Waals surface area (Å²) >= 11 is 5.76. The van der Waals surface area contributed by atoms with E-state index >= 15 is 0 Å². The van der Waals surface area contributed by atoms with Gasteiger partial charge in [-0.05, 0) is 24.6 Å². The second-order valence-electron chi connectivity index (χ2n) is 4.94. The van der Waals surface area contributed by atoms with Gasteiger partial charge in [-0.2, -0.15) is 5.10 Å². The Morgan fingerprint density at radius 1 is 1.55 bits per heavy atom. The van der Waals surface area contributed by atoms with Crippen LogP contribution in [0.4, 0.5) is 4.39 Å². The number of aliphatic hydroxyl groups excluding tert-OH is 1. The first-order chi connectivity index (χ1) is 10.5. The predicted molar refractivity (Wildman–Crippen MR) is 82.2 cm³/mol. The average molecular weight is 326 g/mol. The van der Waals surface area contributed by atoms with Crippen LogP contribution in [0.15, 0.2) is 24.4 Å². The molecule has 1 unspecified atom stereocenters. The van der Waals surface area contributed by atoms with Crippen LogP contribution >= 0.6 is 11.6 Å². The van der Waals surface area contributed by atoms with Gasteiger partial charge in [0.05, 0.1) is 28.6 Å². The lowest BCUT2D eigenvalue weighted by atomic mass is 10.1. The fraction of sp³-hybridized carbons (Fsp3) is 0.333. The molecule has 118 valence electrons. The van der Waals surface area contributed by atoms with Crippen molar-refractivity contribution in [2.24, 2.45) is 0 Å². The van der Waals surface area contributed by atoms with Crippen molar-refractivity contribution in [3.63, 3.8) is 0 Å². The highest BCUT2D eigenvalue weighted by Gasteiger charge is 2.17. The minimum Gasteiger partial charge on any atom is -0.391 e. The van der Waals surface area contributed by atoms with Crippen LogP contribution in [0.1, 0.15) is 30.1 Å². The molecule has 0 bridgehead atoms. The van der Waals surface area contributed by atoms with Crippen molar-refractivity contribution < 1.29 is 14.3 Å². The number of amides is 1. The number of aromatic nitrogens is 2. The topological polar surface area (TPSA) is 78.0 Å². The molecule has 5 nitrogen and oxygen atoms in total. The Morgan fingerprint density at radius 2 is 2.32 bits per heavy atom. The van der Waals surface area contributed by atoms with Crippen LogP contribution in [0.3, 0.4) is 0 Å². The molecule has 22 heavy (non-hydrogen) atoms. The Kier molecular flexibility index (Phi) is 5.51. The lowest BCUT2D eigenvalue weighted by molar-refractivity contribution is 0.0911. The van der Waals surface area contributed by atoms with E-state index in [4.69, 9.17) is 11.6 Å². The summed E-state index contributed by atoms with van der Waals surface area (Å²) in [5, 5.41) is 18.8. The smallest absolute Gasteiger partial charge is 0.255 e. The Morgan fingerprint density at radius 3 is 3.00 bits per heavy atom. The number of benzene rings is 1. The van der Waals surface area contributed by atoms with E-state index in [9.17, 15) is 14.3 Å². The normalized spacial score (nSPS) is 12.2. The Balaban J connectivity index is 2.15. The quantitative estimate of drug-likeness (QED) is 0.764. The summed E-state index contributed by atoms with van der Waals surface area (Å²) in [6.45, 7) is 2.12. The molecule has 2 aromatic rings. The molecule has 0 radical (unpaired) electrons. The molecular weight excluding hydrogens is 309 g/mol.